The average Bonchev–Trinajstić information content (AvgIpc) is 3.28. The molecule has 8 heteroatoms. The minimum absolute atomic E-state index is 0.0302. The Balaban J connectivity index is 1.71. The summed E-state index contributed by atoms with van der Waals surface area (Å²) in [5.74, 6) is 0.732. The van der Waals surface area contributed by atoms with Crippen LogP contribution in [-0.2, 0) is 10.0 Å². The number of ether oxygens (including phenoxy) is 2. The predicted octanol–water partition coefficient (Wildman–Crippen LogP) is 3.25. The topological polar surface area (TPSA) is 76.1 Å². The van der Waals surface area contributed by atoms with Gasteiger partial charge in [-0.25, -0.2) is 8.42 Å². The van der Waals surface area contributed by atoms with Crippen molar-refractivity contribution in [3.05, 3.63) is 53.1 Å². The molecule has 0 radical (unpaired) electrons. The Bertz CT molecular complexity index is 1030. The van der Waals surface area contributed by atoms with Gasteiger partial charge in [0, 0.05) is 25.7 Å². The third kappa shape index (κ3) is 5.37. The number of sulfonamides is 1. The Morgan fingerprint density at radius 3 is 2.32 bits per heavy atom. The van der Waals surface area contributed by atoms with Crippen molar-refractivity contribution < 1.29 is 22.7 Å². The Hall–Kier alpha value is -2.58. The molecule has 0 saturated carbocycles. The van der Waals surface area contributed by atoms with E-state index in [1.54, 1.807) is 13.1 Å². The summed E-state index contributed by atoms with van der Waals surface area (Å²) in [6.07, 6.45) is 1.67. The Labute approximate surface area is 184 Å². The summed E-state index contributed by atoms with van der Waals surface area (Å²) in [5.41, 5.74) is 2.53. The molecule has 1 fully saturated rings. The third-order valence-electron chi connectivity index (χ3n) is 5.33. The lowest BCUT2D eigenvalue weighted by atomic mass is 10.1. The number of carbonyl (C=O) groups is 1. The van der Waals surface area contributed by atoms with Crippen LogP contribution in [0.2, 0.25) is 0 Å². The second kappa shape index (κ2) is 9.70. The maximum Gasteiger partial charge on any atom is 0.253 e. The molecule has 3 rings (SSSR count). The molecule has 2 aromatic carbocycles. The molecule has 1 aliphatic heterocycles. The fraction of sp³-hybridized carbons (Fsp3) is 0.435. The van der Waals surface area contributed by atoms with Crippen LogP contribution >= 0.6 is 0 Å². The van der Waals surface area contributed by atoms with E-state index >= 15 is 0 Å². The van der Waals surface area contributed by atoms with Gasteiger partial charge in [-0.2, -0.15) is 4.31 Å². The smallest absolute Gasteiger partial charge is 0.253 e. The number of carbonyl (C=O) groups excluding carboxylic acids is 1. The molecule has 0 aromatic heterocycles. The molecule has 31 heavy (non-hydrogen) atoms. The summed E-state index contributed by atoms with van der Waals surface area (Å²) in [5, 5.41) is 0. The SMILES string of the molecule is COc1ccc(C(=O)N(C)CCOc2cc(C)cc(C)c2)cc1S(=O)(=O)N1CCCC1. The van der Waals surface area contributed by atoms with Gasteiger partial charge >= 0.3 is 0 Å². The molecule has 0 bridgehead atoms. The molecule has 0 spiro atoms. The highest BCUT2D eigenvalue weighted by Crippen LogP contribution is 2.30. The molecule has 168 valence electrons. The van der Waals surface area contributed by atoms with Crippen molar-refractivity contribution in [1.29, 1.82) is 0 Å². The molecule has 0 aliphatic carbocycles. The van der Waals surface area contributed by atoms with Crippen LogP contribution in [0.3, 0.4) is 0 Å². The summed E-state index contributed by atoms with van der Waals surface area (Å²) >= 11 is 0. The van der Waals surface area contributed by atoms with Crippen LogP contribution in [-0.4, -0.2) is 63.9 Å². The molecular formula is C23H30N2O5S. The molecular weight excluding hydrogens is 416 g/mol. The van der Waals surface area contributed by atoms with Gasteiger partial charge in [-0.15, -0.1) is 0 Å². The summed E-state index contributed by atoms with van der Waals surface area (Å²) in [7, 11) is -0.612. The largest absolute Gasteiger partial charge is 0.495 e. The average molecular weight is 447 g/mol. The summed E-state index contributed by atoms with van der Waals surface area (Å²) < 4.78 is 38.6. The summed E-state index contributed by atoms with van der Waals surface area (Å²) in [6, 6.07) is 10.5. The van der Waals surface area contributed by atoms with Gasteiger partial charge in [-0.3, -0.25) is 4.79 Å². The van der Waals surface area contributed by atoms with E-state index < -0.39 is 10.0 Å². The molecule has 0 unspecified atom stereocenters. The van der Waals surface area contributed by atoms with E-state index in [2.05, 4.69) is 6.07 Å². The molecule has 0 atom stereocenters. The molecule has 2 aromatic rings. The fourth-order valence-corrected chi connectivity index (χ4v) is 5.42. The zero-order chi connectivity index (χ0) is 22.6. The van der Waals surface area contributed by atoms with Crippen LogP contribution in [0.4, 0.5) is 0 Å². The highest BCUT2D eigenvalue weighted by atomic mass is 32.2. The van der Waals surface area contributed by atoms with E-state index in [0.717, 1.165) is 29.7 Å². The van der Waals surface area contributed by atoms with Crippen molar-refractivity contribution in [2.75, 3.05) is 40.4 Å². The van der Waals surface area contributed by atoms with Gasteiger partial charge in [-0.05, 0) is 68.1 Å². The maximum atomic E-state index is 13.0. The lowest BCUT2D eigenvalue weighted by Gasteiger charge is -2.20. The normalized spacial score (nSPS) is 14.5. The van der Waals surface area contributed by atoms with Crippen molar-refractivity contribution in [2.45, 2.75) is 31.6 Å². The molecule has 1 saturated heterocycles. The van der Waals surface area contributed by atoms with E-state index in [-0.39, 0.29) is 16.6 Å². The molecule has 1 aliphatic rings. The number of hydrogen-bond acceptors (Lipinski definition) is 5. The van der Waals surface area contributed by atoms with Crippen molar-refractivity contribution in [3.8, 4) is 11.5 Å². The summed E-state index contributed by atoms with van der Waals surface area (Å²) in [4.78, 5) is 14.5. The molecule has 1 heterocycles. The van der Waals surface area contributed by atoms with Crippen LogP contribution in [0.25, 0.3) is 0 Å². The highest BCUT2D eigenvalue weighted by molar-refractivity contribution is 7.89. The molecule has 7 nitrogen and oxygen atoms in total. The van der Waals surface area contributed by atoms with Crippen molar-refractivity contribution in [2.24, 2.45) is 0 Å². The first-order valence-electron chi connectivity index (χ1n) is 10.4. The molecule has 0 N–H and O–H groups in total. The van der Waals surface area contributed by atoms with Gasteiger partial charge in [0.15, 0.2) is 0 Å². The lowest BCUT2D eigenvalue weighted by molar-refractivity contribution is 0.0773. The number of likely N-dealkylation sites (N-methyl/N-ethyl adjacent to an activating group) is 1. The maximum absolute atomic E-state index is 13.0. The van der Waals surface area contributed by atoms with Crippen molar-refractivity contribution >= 4 is 15.9 Å². The van der Waals surface area contributed by atoms with E-state index in [0.29, 0.717) is 31.8 Å². The number of benzene rings is 2. The van der Waals surface area contributed by atoms with Gasteiger partial charge in [0.1, 0.15) is 23.0 Å². The standard InChI is InChI=1S/C23H30N2O5S/c1-17-13-18(2)15-20(14-17)30-12-11-24(3)23(26)19-7-8-21(29-4)22(16-19)31(27,28)25-9-5-6-10-25/h7-8,13-16H,5-6,9-12H2,1-4H3. The number of rotatable bonds is 8. The second-order valence-corrected chi connectivity index (χ2v) is 9.78. The first-order chi connectivity index (χ1) is 14.7. The van der Waals surface area contributed by atoms with Crippen molar-refractivity contribution in [3.63, 3.8) is 0 Å². The number of hydrogen-bond donors (Lipinski definition) is 0. The van der Waals surface area contributed by atoms with Crippen LogP contribution in [0.15, 0.2) is 41.3 Å². The quantitative estimate of drug-likeness (QED) is 0.622. The minimum Gasteiger partial charge on any atom is -0.495 e. The Morgan fingerprint density at radius 2 is 1.71 bits per heavy atom. The van der Waals surface area contributed by atoms with Gasteiger partial charge in [0.05, 0.1) is 13.7 Å². The third-order valence-corrected chi connectivity index (χ3v) is 7.25. The second-order valence-electron chi connectivity index (χ2n) is 7.88. The van der Waals surface area contributed by atoms with Crippen molar-refractivity contribution in [1.82, 2.24) is 9.21 Å². The fourth-order valence-electron chi connectivity index (χ4n) is 3.72. The van der Waals surface area contributed by atoms with Crippen LogP contribution in [0.5, 0.6) is 11.5 Å². The zero-order valence-electron chi connectivity index (χ0n) is 18.6. The highest BCUT2D eigenvalue weighted by Gasteiger charge is 2.31. The lowest BCUT2D eigenvalue weighted by Crippen LogP contribution is -2.32. The van der Waals surface area contributed by atoms with Crippen LogP contribution in [0.1, 0.15) is 34.3 Å². The predicted molar refractivity (Wildman–Crippen MR) is 119 cm³/mol. The first kappa shape index (κ1) is 23.1. The van der Waals surface area contributed by atoms with Crippen LogP contribution < -0.4 is 9.47 Å². The van der Waals surface area contributed by atoms with Gasteiger partial charge in [0.2, 0.25) is 10.0 Å². The van der Waals surface area contributed by atoms with Gasteiger partial charge in [0.25, 0.3) is 5.91 Å². The van der Waals surface area contributed by atoms with E-state index in [1.165, 1.54) is 28.4 Å². The monoisotopic (exact) mass is 446 g/mol. The first-order valence-corrected chi connectivity index (χ1v) is 11.8. The number of nitrogens with zero attached hydrogens (tertiary/aromatic N) is 2. The Kier molecular flexibility index (Phi) is 7.23. The number of amides is 1. The minimum atomic E-state index is -3.71. The zero-order valence-corrected chi connectivity index (χ0v) is 19.4. The Morgan fingerprint density at radius 1 is 1.06 bits per heavy atom. The number of aryl methyl sites for hydroxylation is 2. The van der Waals surface area contributed by atoms with E-state index in [4.69, 9.17) is 9.47 Å². The van der Waals surface area contributed by atoms with E-state index in [1.807, 2.05) is 26.0 Å². The van der Waals surface area contributed by atoms with Crippen LogP contribution in [0, 0.1) is 13.8 Å². The molecule has 1 amide bonds. The van der Waals surface area contributed by atoms with Gasteiger partial charge < -0.3 is 14.4 Å². The van der Waals surface area contributed by atoms with E-state index in [9.17, 15) is 13.2 Å². The van der Waals surface area contributed by atoms with Gasteiger partial charge in [-0.1, -0.05) is 6.07 Å². The summed E-state index contributed by atoms with van der Waals surface area (Å²) in [6.45, 7) is 5.69. The number of methoxy groups -OCH3 is 1.